The summed E-state index contributed by atoms with van der Waals surface area (Å²) in [4.78, 5) is 8.59. The number of nitrogens with one attached hydrogen (secondary N) is 2. The van der Waals surface area contributed by atoms with E-state index in [0.29, 0.717) is 11.6 Å². The molecular weight excluding hydrogens is 400 g/mol. The number of anilines is 2. The molecule has 4 rings (SSSR count). The molecule has 0 saturated carbocycles. The molecule has 6 nitrogen and oxygen atoms in total. The lowest BCUT2D eigenvalue weighted by Gasteiger charge is -2.09. The van der Waals surface area contributed by atoms with Crippen LogP contribution in [0.1, 0.15) is 11.1 Å². The number of fused-ring (bicyclic) bond motifs is 1. The number of alkyl halides is 2. The minimum atomic E-state index is -2.93. The molecule has 0 aliphatic carbocycles. The summed E-state index contributed by atoms with van der Waals surface area (Å²) in [5.74, 6) is 0.296. The predicted octanol–water partition coefficient (Wildman–Crippen LogP) is 5.14. The molecule has 4 aromatic rings. The highest BCUT2D eigenvalue weighted by Gasteiger charge is 2.09. The Morgan fingerprint density at radius 1 is 1.00 bits per heavy atom. The lowest BCUT2D eigenvalue weighted by Crippen LogP contribution is -2.03. The van der Waals surface area contributed by atoms with Gasteiger partial charge in [0.1, 0.15) is 5.75 Å². The molecule has 0 bridgehead atoms. The fraction of sp³-hybridized carbons (Fsp3) is 0.150. The third-order valence-electron chi connectivity index (χ3n) is 4.32. The summed E-state index contributed by atoms with van der Waals surface area (Å²) in [6.07, 6.45) is 6.97. The Morgan fingerprint density at radius 3 is 2.55 bits per heavy atom. The molecule has 0 aliphatic heterocycles. The molecule has 2 aromatic heterocycles. The number of hydrogen-bond acceptors (Lipinski definition) is 5. The molecule has 0 radical (unpaired) electrons. The third-order valence-corrected chi connectivity index (χ3v) is 4.61. The van der Waals surface area contributed by atoms with Crippen molar-refractivity contribution in [3.63, 3.8) is 0 Å². The third kappa shape index (κ3) is 4.78. The maximum Gasteiger partial charge on any atom is 0.387 e. The van der Waals surface area contributed by atoms with Gasteiger partial charge in [-0.05, 0) is 54.3 Å². The van der Waals surface area contributed by atoms with Crippen molar-refractivity contribution in [1.29, 1.82) is 0 Å². The molecule has 0 aliphatic rings. The van der Waals surface area contributed by atoms with E-state index in [0.717, 1.165) is 29.3 Å². The fourth-order valence-electron chi connectivity index (χ4n) is 2.88. The first-order chi connectivity index (χ1) is 14.1. The number of aryl methyl sites for hydroxylation is 2. The zero-order valence-electron chi connectivity index (χ0n) is 15.1. The van der Waals surface area contributed by atoms with Gasteiger partial charge in [0.25, 0.3) is 0 Å². The highest BCUT2D eigenvalue weighted by atomic mass is 35.5. The van der Waals surface area contributed by atoms with Crippen LogP contribution in [0.3, 0.4) is 0 Å². The van der Waals surface area contributed by atoms with Gasteiger partial charge < -0.3 is 10.1 Å². The molecule has 0 fully saturated rings. The fourth-order valence-corrected chi connectivity index (χ4v) is 3.11. The first-order valence-electron chi connectivity index (χ1n) is 8.81. The number of aromatic nitrogens is 4. The number of aromatic amines is 1. The molecule has 9 heteroatoms. The summed E-state index contributed by atoms with van der Waals surface area (Å²) in [6, 6.07) is 10.6. The van der Waals surface area contributed by atoms with Crippen LogP contribution in [0.2, 0.25) is 5.02 Å². The minimum Gasteiger partial charge on any atom is -0.433 e. The van der Waals surface area contributed by atoms with E-state index >= 15 is 0 Å². The van der Waals surface area contributed by atoms with E-state index in [4.69, 9.17) is 11.6 Å². The van der Waals surface area contributed by atoms with E-state index in [1.54, 1.807) is 24.7 Å². The zero-order chi connectivity index (χ0) is 20.2. The smallest absolute Gasteiger partial charge is 0.387 e. The molecule has 148 valence electrons. The van der Waals surface area contributed by atoms with Crippen molar-refractivity contribution < 1.29 is 13.5 Å². The molecule has 0 atom stereocenters. The number of nitrogens with zero attached hydrogens (tertiary/aromatic N) is 3. The van der Waals surface area contributed by atoms with Crippen molar-refractivity contribution in [3.05, 3.63) is 71.1 Å². The highest BCUT2D eigenvalue weighted by molar-refractivity contribution is 6.32. The van der Waals surface area contributed by atoms with Gasteiger partial charge in [0, 0.05) is 23.5 Å². The van der Waals surface area contributed by atoms with Gasteiger partial charge in [0.15, 0.2) is 0 Å². The summed E-state index contributed by atoms with van der Waals surface area (Å²) in [5, 5.41) is 11.1. The molecule has 0 saturated heterocycles. The number of benzene rings is 2. The molecule has 2 aromatic carbocycles. The molecular formula is C20H16ClF2N5O. The maximum atomic E-state index is 12.3. The standard InChI is InChI=1S/C20H16ClF2N5O/c21-16-8-15(4-6-18(16)29-19(22)23)27-20-24-9-13(10-25-20)2-1-12-3-5-17-14(7-12)11-26-28-17/h3-11,19H,1-2H2,(H,26,28)(H,24,25,27). The van der Waals surface area contributed by atoms with Gasteiger partial charge in [-0.3, -0.25) is 5.10 Å². The lowest BCUT2D eigenvalue weighted by atomic mass is 10.1. The Morgan fingerprint density at radius 2 is 1.79 bits per heavy atom. The van der Waals surface area contributed by atoms with Crippen LogP contribution in [0.5, 0.6) is 5.75 Å². The van der Waals surface area contributed by atoms with Crippen LogP contribution in [0.15, 0.2) is 55.0 Å². The van der Waals surface area contributed by atoms with Gasteiger partial charge in [0.05, 0.1) is 16.7 Å². The summed E-state index contributed by atoms with van der Waals surface area (Å²) < 4.78 is 28.9. The second-order valence-electron chi connectivity index (χ2n) is 6.36. The van der Waals surface area contributed by atoms with Gasteiger partial charge in [-0.1, -0.05) is 17.7 Å². The van der Waals surface area contributed by atoms with Crippen LogP contribution in [0.25, 0.3) is 10.9 Å². The maximum absolute atomic E-state index is 12.3. The van der Waals surface area contributed by atoms with Crippen molar-refractivity contribution in [2.45, 2.75) is 19.5 Å². The summed E-state index contributed by atoms with van der Waals surface area (Å²) in [6.45, 7) is -2.93. The summed E-state index contributed by atoms with van der Waals surface area (Å²) in [7, 11) is 0. The molecule has 0 spiro atoms. The van der Waals surface area contributed by atoms with E-state index in [9.17, 15) is 8.78 Å². The highest BCUT2D eigenvalue weighted by Crippen LogP contribution is 2.29. The zero-order valence-corrected chi connectivity index (χ0v) is 15.8. The van der Waals surface area contributed by atoms with Crippen molar-refractivity contribution in [3.8, 4) is 5.75 Å². The Bertz CT molecular complexity index is 1120. The Kier molecular flexibility index (Phi) is 5.53. The van der Waals surface area contributed by atoms with Crippen LogP contribution >= 0.6 is 11.6 Å². The van der Waals surface area contributed by atoms with Crippen molar-refractivity contribution in [1.82, 2.24) is 20.2 Å². The predicted molar refractivity (Wildman–Crippen MR) is 107 cm³/mol. The first kappa shape index (κ1) is 19.1. The van der Waals surface area contributed by atoms with E-state index in [1.807, 2.05) is 6.07 Å². The van der Waals surface area contributed by atoms with Gasteiger partial charge in [-0.15, -0.1) is 0 Å². The van der Waals surface area contributed by atoms with Crippen LogP contribution in [0.4, 0.5) is 20.4 Å². The van der Waals surface area contributed by atoms with Crippen molar-refractivity contribution in [2.24, 2.45) is 0 Å². The van der Waals surface area contributed by atoms with Gasteiger partial charge in [0.2, 0.25) is 5.95 Å². The quantitative estimate of drug-likeness (QED) is 0.437. The molecule has 0 amide bonds. The number of hydrogen-bond donors (Lipinski definition) is 2. The second-order valence-corrected chi connectivity index (χ2v) is 6.76. The van der Waals surface area contributed by atoms with Crippen LogP contribution in [0, 0.1) is 0 Å². The topological polar surface area (TPSA) is 75.7 Å². The summed E-state index contributed by atoms with van der Waals surface area (Å²) >= 11 is 5.95. The number of rotatable bonds is 7. The first-order valence-corrected chi connectivity index (χ1v) is 9.19. The molecule has 0 unspecified atom stereocenters. The number of ether oxygens (including phenoxy) is 1. The van der Waals surface area contributed by atoms with Gasteiger partial charge in [-0.25, -0.2) is 9.97 Å². The van der Waals surface area contributed by atoms with E-state index in [-0.39, 0.29) is 10.8 Å². The molecule has 2 heterocycles. The van der Waals surface area contributed by atoms with Gasteiger partial charge in [-0.2, -0.15) is 13.9 Å². The molecule has 2 N–H and O–H groups in total. The van der Waals surface area contributed by atoms with Crippen LogP contribution in [-0.2, 0) is 12.8 Å². The van der Waals surface area contributed by atoms with E-state index in [1.165, 1.54) is 17.7 Å². The Labute approximate surface area is 169 Å². The average Bonchev–Trinajstić information content (AvgIpc) is 3.17. The average molecular weight is 416 g/mol. The van der Waals surface area contributed by atoms with Crippen LogP contribution < -0.4 is 10.1 Å². The van der Waals surface area contributed by atoms with E-state index in [2.05, 4.69) is 42.4 Å². The minimum absolute atomic E-state index is 0.0708. The number of H-pyrrole nitrogens is 1. The molecule has 29 heavy (non-hydrogen) atoms. The lowest BCUT2D eigenvalue weighted by molar-refractivity contribution is -0.0497. The largest absolute Gasteiger partial charge is 0.433 e. The van der Waals surface area contributed by atoms with Crippen molar-refractivity contribution >= 4 is 34.1 Å². The van der Waals surface area contributed by atoms with Gasteiger partial charge >= 0.3 is 6.61 Å². The monoisotopic (exact) mass is 415 g/mol. The summed E-state index contributed by atoms with van der Waals surface area (Å²) in [5.41, 5.74) is 3.79. The Hall–Kier alpha value is -3.26. The second kappa shape index (κ2) is 8.40. The van der Waals surface area contributed by atoms with Crippen LogP contribution in [-0.4, -0.2) is 26.8 Å². The van der Waals surface area contributed by atoms with E-state index < -0.39 is 6.61 Å². The van der Waals surface area contributed by atoms with Crippen molar-refractivity contribution in [2.75, 3.05) is 5.32 Å². The normalized spacial score (nSPS) is 11.2. The Balaban J connectivity index is 1.36. The number of halogens is 3. The SMILES string of the molecule is FC(F)Oc1ccc(Nc2ncc(CCc3ccc4[nH]ncc4c3)cn2)cc1Cl.